The lowest BCUT2D eigenvalue weighted by Crippen LogP contribution is -2.09. The Labute approximate surface area is 97.0 Å². The Morgan fingerprint density at radius 3 is 2.73 bits per heavy atom. The lowest BCUT2D eigenvalue weighted by molar-refractivity contribution is 0.788. The van der Waals surface area contributed by atoms with Gasteiger partial charge in [0.05, 0.1) is 5.52 Å². The van der Waals surface area contributed by atoms with Gasteiger partial charge in [0.25, 0.3) is 0 Å². The van der Waals surface area contributed by atoms with E-state index in [-0.39, 0.29) is 10.5 Å². The summed E-state index contributed by atoms with van der Waals surface area (Å²) in [7, 11) is 0. The van der Waals surface area contributed by atoms with E-state index in [1.54, 1.807) is 24.4 Å². The molecular formula is C11H9Cl2NO. The smallest absolute Gasteiger partial charge is 0.207 e. The fourth-order valence-corrected chi connectivity index (χ4v) is 1.98. The van der Waals surface area contributed by atoms with Gasteiger partial charge in [-0.3, -0.25) is 4.79 Å². The highest BCUT2D eigenvalue weighted by Gasteiger charge is 2.06. The lowest BCUT2D eigenvalue weighted by Gasteiger charge is -2.08. The molecule has 2 aromatic rings. The minimum atomic E-state index is -0.145. The zero-order valence-corrected chi connectivity index (χ0v) is 9.64. The van der Waals surface area contributed by atoms with Crippen molar-refractivity contribution in [3.05, 3.63) is 44.7 Å². The molecule has 0 aliphatic rings. The molecule has 78 valence electrons. The molecule has 15 heavy (non-hydrogen) atoms. The van der Waals surface area contributed by atoms with Crippen molar-refractivity contribution in [1.82, 2.24) is 4.57 Å². The van der Waals surface area contributed by atoms with Gasteiger partial charge in [0.2, 0.25) is 5.43 Å². The van der Waals surface area contributed by atoms with Crippen molar-refractivity contribution in [2.75, 3.05) is 0 Å². The Balaban J connectivity index is 2.96. The van der Waals surface area contributed by atoms with Crippen LogP contribution in [0.3, 0.4) is 0 Å². The summed E-state index contributed by atoms with van der Waals surface area (Å²) in [6.07, 6.45) is 1.64. The molecule has 0 bridgehead atoms. The van der Waals surface area contributed by atoms with Crippen molar-refractivity contribution in [3.8, 4) is 0 Å². The van der Waals surface area contributed by atoms with Crippen LogP contribution in [0.2, 0.25) is 10.0 Å². The van der Waals surface area contributed by atoms with Crippen LogP contribution >= 0.6 is 23.2 Å². The van der Waals surface area contributed by atoms with Gasteiger partial charge in [0, 0.05) is 23.2 Å². The molecule has 2 nitrogen and oxygen atoms in total. The average Bonchev–Trinajstić information content (AvgIpc) is 2.23. The second-order valence-corrected chi connectivity index (χ2v) is 4.10. The van der Waals surface area contributed by atoms with E-state index in [4.69, 9.17) is 23.2 Å². The maximum Gasteiger partial charge on any atom is 0.207 e. The molecule has 0 unspecified atom stereocenters. The third-order valence-corrected chi connectivity index (χ3v) is 2.84. The normalized spacial score (nSPS) is 10.9. The molecule has 1 aromatic carbocycles. The number of hydrogen-bond acceptors (Lipinski definition) is 1. The number of halogens is 2. The predicted octanol–water partition coefficient (Wildman–Crippen LogP) is 3.33. The van der Waals surface area contributed by atoms with Crippen molar-refractivity contribution in [2.24, 2.45) is 0 Å². The van der Waals surface area contributed by atoms with Crippen molar-refractivity contribution in [1.29, 1.82) is 0 Å². The first-order valence-electron chi connectivity index (χ1n) is 4.61. The molecule has 1 aromatic heterocycles. The second-order valence-electron chi connectivity index (χ2n) is 3.25. The molecule has 0 saturated heterocycles. The van der Waals surface area contributed by atoms with Gasteiger partial charge >= 0.3 is 0 Å². The van der Waals surface area contributed by atoms with Gasteiger partial charge in [-0.05, 0) is 25.1 Å². The van der Waals surface area contributed by atoms with E-state index in [0.717, 1.165) is 12.1 Å². The maximum atomic E-state index is 11.7. The zero-order valence-electron chi connectivity index (χ0n) is 8.13. The Morgan fingerprint density at radius 2 is 2.07 bits per heavy atom. The number of hydrogen-bond donors (Lipinski definition) is 0. The molecule has 0 saturated carbocycles. The summed E-state index contributed by atoms with van der Waals surface area (Å²) in [5, 5.41) is 1.46. The van der Waals surface area contributed by atoms with E-state index in [0.29, 0.717) is 10.4 Å². The number of benzene rings is 1. The minimum Gasteiger partial charge on any atom is -0.346 e. The molecular weight excluding hydrogens is 233 g/mol. The first kappa shape index (κ1) is 10.5. The molecule has 0 atom stereocenters. The molecule has 0 aliphatic carbocycles. The molecule has 0 aliphatic heterocycles. The van der Waals surface area contributed by atoms with Gasteiger partial charge < -0.3 is 4.57 Å². The number of fused-ring (bicyclic) bond motifs is 1. The monoisotopic (exact) mass is 241 g/mol. The van der Waals surface area contributed by atoms with E-state index in [9.17, 15) is 4.79 Å². The van der Waals surface area contributed by atoms with Gasteiger partial charge in [-0.15, -0.1) is 0 Å². The second kappa shape index (κ2) is 3.87. The number of aryl methyl sites for hydroxylation is 1. The quantitative estimate of drug-likeness (QED) is 0.751. The van der Waals surface area contributed by atoms with Crippen molar-refractivity contribution < 1.29 is 0 Å². The van der Waals surface area contributed by atoms with E-state index in [1.165, 1.54) is 0 Å². The van der Waals surface area contributed by atoms with E-state index in [2.05, 4.69) is 0 Å². The number of nitrogens with zero attached hydrogens (tertiary/aromatic N) is 1. The van der Waals surface area contributed by atoms with E-state index >= 15 is 0 Å². The molecule has 0 spiro atoms. The van der Waals surface area contributed by atoms with Crippen LogP contribution in [0.15, 0.2) is 29.2 Å². The first-order chi connectivity index (χ1) is 7.13. The van der Waals surface area contributed by atoms with Crippen LogP contribution in [0.25, 0.3) is 10.9 Å². The molecule has 4 heteroatoms. The summed E-state index contributed by atoms with van der Waals surface area (Å²) < 4.78 is 1.91. The van der Waals surface area contributed by atoms with Gasteiger partial charge in [0.15, 0.2) is 0 Å². The highest BCUT2D eigenvalue weighted by molar-refractivity contribution is 6.32. The van der Waals surface area contributed by atoms with Crippen LogP contribution < -0.4 is 5.43 Å². The van der Waals surface area contributed by atoms with Crippen molar-refractivity contribution in [2.45, 2.75) is 13.5 Å². The van der Waals surface area contributed by atoms with Gasteiger partial charge in [-0.2, -0.15) is 0 Å². The minimum absolute atomic E-state index is 0.145. The lowest BCUT2D eigenvalue weighted by atomic mass is 10.2. The van der Waals surface area contributed by atoms with E-state index < -0.39 is 0 Å². The van der Waals surface area contributed by atoms with Crippen molar-refractivity contribution >= 4 is 34.1 Å². The van der Waals surface area contributed by atoms with Gasteiger partial charge in [0.1, 0.15) is 5.02 Å². The number of pyridine rings is 1. The Morgan fingerprint density at radius 1 is 1.33 bits per heavy atom. The van der Waals surface area contributed by atoms with Crippen LogP contribution in [0, 0.1) is 0 Å². The number of aromatic nitrogens is 1. The molecule has 0 radical (unpaired) electrons. The summed E-state index contributed by atoms with van der Waals surface area (Å²) in [5.74, 6) is 0. The number of rotatable bonds is 1. The average molecular weight is 242 g/mol. The zero-order chi connectivity index (χ0) is 11.0. The highest BCUT2D eigenvalue weighted by Crippen LogP contribution is 2.19. The Hall–Kier alpha value is -0.990. The molecule has 1 heterocycles. The Bertz CT molecular complexity index is 575. The maximum absolute atomic E-state index is 11.7. The van der Waals surface area contributed by atoms with Crippen molar-refractivity contribution in [3.63, 3.8) is 0 Å². The molecule has 0 N–H and O–H groups in total. The fraction of sp³-hybridized carbons (Fsp3) is 0.182. The van der Waals surface area contributed by atoms with E-state index in [1.807, 2.05) is 11.5 Å². The predicted molar refractivity (Wildman–Crippen MR) is 63.9 cm³/mol. The van der Waals surface area contributed by atoms with Crippen LogP contribution in [0.1, 0.15) is 6.92 Å². The molecule has 0 fully saturated rings. The summed E-state index contributed by atoms with van der Waals surface area (Å²) >= 11 is 11.7. The Kier molecular flexibility index (Phi) is 2.72. The summed E-state index contributed by atoms with van der Waals surface area (Å²) in [4.78, 5) is 11.7. The standard InChI is InChI=1S/C11H9Cl2NO/c1-2-14-6-9(13)11(15)8-4-3-7(12)5-10(8)14/h3-6H,2H2,1H3. The van der Waals surface area contributed by atoms with Crippen LogP contribution in [-0.2, 0) is 6.54 Å². The molecule has 2 rings (SSSR count). The van der Waals surface area contributed by atoms with Crippen LogP contribution in [0.5, 0.6) is 0 Å². The largest absolute Gasteiger partial charge is 0.346 e. The SMILES string of the molecule is CCn1cc(Cl)c(=O)c2ccc(Cl)cc21. The summed E-state index contributed by atoms with van der Waals surface area (Å²) in [6, 6.07) is 5.18. The van der Waals surface area contributed by atoms with Crippen LogP contribution in [-0.4, -0.2) is 4.57 Å². The fourth-order valence-electron chi connectivity index (χ4n) is 1.59. The first-order valence-corrected chi connectivity index (χ1v) is 5.37. The summed E-state index contributed by atoms with van der Waals surface area (Å²) in [6.45, 7) is 2.73. The third kappa shape index (κ3) is 1.75. The third-order valence-electron chi connectivity index (χ3n) is 2.34. The highest BCUT2D eigenvalue weighted by atomic mass is 35.5. The van der Waals surface area contributed by atoms with Crippen LogP contribution in [0.4, 0.5) is 0 Å². The summed E-state index contributed by atoms with van der Waals surface area (Å²) in [5.41, 5.74) is 0.674. The topological polar surface area (TPSA) is 22.0 Å². The van der Waals surface area contributed by atoms with Gasteiger partial charge in [-0.1, -0.05) is 23.2 Å². The van der Waals surface area contributed by atoms with Gasteiger partial charge in [-0.25, -0.2) is 0 Å². The molecule has 0 amide bonds.